The number of rotatable bonds is 9. The molecule has 136 valence electrons. The molecule has 3 N–H and O–H groups in total. The first-order valence-corrected chi connectivity index (χ1v) is 8.56. The van der Waals surface area contributed by atoms with Crippen LogP contribution in [0.2, 0.25) is 0 Å². The van der Waals surface area contributed by atoms with Crippen molar-refractivity contribution in [2.75, 3.05) is 25.1 Å². The van der Waals surface area contributed by atoms with Crippen LogP contribution in [0, 0.1) is 5.92 Å². The van der Waals surface area contributed by atoms with Gasteiger partial charge in [-0.05, 0) is 38.0 Å². The predicted octanol–water partition coefficient (Wildman–Crippen LogP) is 2.74. The molecule has 2 aromatic rings. The van der Waals surface area contributed by atoms with Gasteiger partial charge in [0.1, 0.15) is 11.5 Å². The Morgan fingerprint density at radius 1 is 1.32 bits per heavy atom. The van der Waals surface area contributed by atoms with Crippen LogP contribution in [0.3, 0.4) is 0 Å². The van der Waals surface area contributed by atoms with E-state index in [0.717, 1.165) is 18.0 Å². The molecule has 2 rings (SSSR count). The van der Waals surface area contributed by atoms with Crippen molar-refractivity contribution in [2.45, 2.75) is 27.3 Å². The van der Waals surface area contributed by atoms with Gasteiger partial charge < -0.3 is 20.5 Å². The second-order valence-corrected chi connectivity index (χ2v) is 5.71. The number of ether oxygens (including phenoxy) is 2. The van der Waals surface area contributed by atoms with Gasteiger partial charge in [-0.2, -0.15) is 5.10 Å². The topological polar surface area (TPSA) is 86.7 Å². The Morgan fingerprint density at radius 2 is 2.12 bits per heavy atom. The number of nitrogens with one attached hydrogen (secondary N) is 1. The maximum atomic E-state index is 6.04. The average molecular weight is 345 g/mol. The van der Waals surface area contributed by atoms with E-state index in [2.05, 4.69) is 22.3 Å². The standard InChI is InChI=1S/C18H27N5O2/c1-4-24-15-7-8-17(25-5-2)16(11-15)22-18(19)20-12-14(3)13-23-10-6-9-21-23/h6-11,14H,4-5,12-13H2,1-3H3,(H3,19,20,22)/t14-/m0/s1. The van der Waals surface area contributed by atoms with Gasteiger partial charge in [-0.25, -0.2) is 0 Å². The molecule has 1 atom stereocenters. The largest absolute Gasteiger partial charge is 0.494 e. The highest BCUT2D eigenvalue weighted by molar-refractivity contribution is 5.94. The van der Waals surface area contributed by atoms with Gasteiger partial charge in [0, 0.05) is 31.5 Å². The van der Waals surface area contributed by atoms with Crippen molar-refractivity contribution in [3.63, 3.8) is 0 Å². The van der Waals surface area contributed by atoms with Crippen molar-refractivity contribution in [2.24, 2.45) is 16.6 Å². The molecule has 0 saturated carbocycles. The van der Waals surface area contributed by atoms with Crippen LogP contribution < -0.4 is 20.5 Å². The van der Waals surface area contributed by atoms with Crippen molar-refractivity contribution in [1.29, 1.82) is 0 Å². The quantitative estimate of drug-likeness (QED) is 0.539. The third kappa shape index (κ3) is 6.02. The fraction of sp³-hybridized carbons (Fsp3) is 0.444. The van der Waals surface area contributed by atoms with E-state index in [4.69, 9.17) is 15.2 Å². The summed E-state index contributed by atoms with van der Waals surface area (Å²) in [7, 11) is 0. The Kier molecular flexibility index (Phi) is 7.13. The lowest BCUT2D eigenvalue weighted by Gasteiger charge is -2.14. The number of nitrogens with two attached hydrogens (primary N) is 1. The first-order valence-electron chi connectivity index (χ1n) is 8.56. The van der Waals surface area contributed by atoms with E-state index in [-0.39, 0.29) is 0 Å². The van der Waals surface area contributed by atoms with E-state index in [9.17, 15) is 0 Å². The first kappa shape index (κ1) is 18.6. The van der Waals surface area contributed by atoms with Crippen LogP contribution in [0.15, 0.2) is 41.7 Å². The molecular weight excluding hydrogens is 318 g/mol. The second kappa shape index (κ2) is 9.56. The van der Waals surface area contributed by atoms with Gasteiger partial charge in [0.15, 0.2) is 5.96 Å². The van der Waals surface area contributed by atoms with Crippen molar-refractivity contribution in [1.82, 2.24) is 9.78 Å². The predicted molar refractivity (Wildman–Crippen MR) is 100 cm³/mol. The summed E-state index contributed by atoms with van der Waals surface area (Å²) in [6, 6.07) is 7.51. The first-order chi connectivity index (χ1) is 12.1. The smallest absolute Gasteiger partial charge is 0.193 e. The Hall–Kier alpha value is -2.70. The number of aromatic nitrogens is 2. The monoisotopic (exact) mass is 345 g/mol. The fourth-order valence-electron chi connectivity index (χ4n) is 2.36. The molecule has 0 radical (unpaired) electrons. The van der Waals surface area contributed by atoms with Gasteiger partial charge >= 0.3 is 0 Å². The molecule has 0 spiro atoms. The summed E-state index contributed by atoms with van der Waals surface area (Å²) in [6.45, 7) is 8.57. The van der Waals surface area contributed by atoms with Gasteiger partial charge in [-0.15, -0.1) is 0 Å². The lowest BCUT2D eigenvalue weighted by atomic mass is 10.2. The zero-order valence-corrected chi connectivity index (χ0v) is 15.1. The van der Waals surface area contributed by atoms with Gasteiger partial charge in [0.05, 0.1) is 18.9 Å². The summed E-state index contributed by atoms with van der Waals surface area (Å²) in [5.41, 5.74) is 6.78. The van der Waals surface area contributed by atoms with E-state index in [0.29, 0.717) is 37.4 Å². The number of guanidine groups is 1. The molecule has 7 heteroatoms. The maximum absolute atomic E-state index is 6.04. The highest BCUT2D eigenvalue weighted by Gasteiger charge is 2.08. The lowest BCUT2D eigenvalue weighted by Crippen LogP contribution is -2.24. The molecule has 0 fully saturated rings. The van der Waals surface area contributed by atoms with Crippen molar-refractivity contribution in [3.05, 3.63) is 36.7 Å². The van der Waals surface area contributed by atoms with Crippen LogP contribution in [0.25, 0.3) is 0 Å². The van der Waals surface area contributed by atoms with Crippen LogP contribution in [0.4, 0.5) is 5.69 Å². The van der Waals surface area contributed by atoms with Crippen LogP contribution in [0.1, 0.15) is 20.8 Å². The molecule has 0 aliphatic rings. The maximum Gasteiger partial charge on any atom is 0.193 e. The SMILES string of the molecule is CCOc1ccc(OCC)c(NC(N)=NC[C@H](C)Cn2cccn2)c1. The minimum absolute atomic E-state index is 0.321. The van der Waals surface area contributed by atoms with Crippen molar-refractivity contribution in [3.8, 4) is 11.5 Å². The zero-order chi connectivity index (χ0) is 18.1. The minimum atomic E-state index is 0.321. The number of hydrogen-bond donors (Lipinski definition) is 2. The molecule has 0 bridgehead atoms. The molecular formula is C18H27N5O2. The number of nitrogens with zero attached hydrogens (tertiary/aromatic N) is 3. The molecule has 1 aromatic carbocycles. The Bertz CT molecular complexity index is 670. The number of anilines is 1. The van der Waals surface area contributed by atoms with Crippen LogP contribution in [-0.4, -0.2) is 35.5 Å². The molecule has 25 heavy (non-hydrogen) atoms. The normalized spacial score (nSPS) is 12.7. The third-order valence-electron chi connectivity index (χ3n) is 3.46. The van der Waals surface area contributed by atoms with Crippen LogP contribution in [0.5, 0.6) is 11.5 Å². The second-order valence-electron chi connectivity index (χ2n) is 5.71. The summed E-state index contributed by atoms with van der Waals surface area (Å²) >= 11 is 0. The van der Waals surface area contributed by atoms with E-state index in [1.54, 1.807) is 6.20 Å². The van der Waals surface area contributed by atoms with Crippen LogP contribution >= 0.6 is 0 Å². The highest BCUT2D eigenvalue weighted by Crippen LogP contribution is 2.29. The van der Waals surface area contributed by atoms with E-state index in [1.165, 1.54) is 0 Å². The van der Waals surface area contributed by atoms with E-state index >= 15 is 0 Å². The van der Waals surface area contributed by atoms with Crippen molar-refractivity contribution >= 4 is 11.6 Å². The zero-order valence-electron chi connectivity index (χ0n) is 15.1. The summed E-state index contributed by atoms with van der Waals surface area (Å²) in [5, 5.41) is 7.31. The van der Waals surface area contributed by atoms with Gasteiger partial charge in [0.25, 0.3) is 0 Å². The fourth-order valence-corrected chi connectivity index (χ4v) is 2.36. The highest BCUT2D eigenvalue weighted by atomic mass is 16.5. The molecule has 0 saturated heterocycles. The average Bonchev–Trinajstić information content (AvgIpc) is 3.09. The van der Waals surface area contributed by atoms with Crippen LogP contribution in [-0.2, 0) is 6.54 Å². The summed E-state index contributed by atoms with van der Waals surface area (Å²) in [4.78, 5) is 4.42. The van der Waals surface area contributed by atoms with Gasteiger partial charge in [0.2, 0.25) is 0 Å². The molecule has 1 heterocycles. The summed E-state index contributed by atoms with van der Waals surface area (Å²) in [5.74, 6) is 2.14. The Labute approximate surface area is 148 Å². The Morgan fingerprint density at radius 3 is 2.80 bits per heavy atom. The third-order valence-corrected chi connectivity index (χ3v) is 3.46. The van der Waals surface area contributed by atoms with E-state index < -0.39 is 0 Å². The number of aliphatic imine (C=N–C) groups is 1. The van der Waals surface area contributed by atoms with Gasteiger partial charge in [-0.1, -0.05) is 6.92 Å². The molecule has 0 aliphatic heterocycles. The van der Waals surface area contributed by atoms with Crippen molar-refractivity contribution < 1.29 is 9.47 Å². The minimum Gasteiger partial charge on any atom is -0.494 e. The van der Waals surface area contributed by atoms with E-state index in [1.807, 2.05) is 49.0 Å². The molecule has 0 amide bonds. The van der Waals surface area contributed by atoms with Gasteiger partial charge in [-0.3, -0.25) is 9.67 Å². The molecule has 0 aliphatic carbocycles. The lowest BCUT2D eigenvalue weighted by molar-refractivity contribution is 0.332. The Balaban J connectivity index is 1.99. The number of hydrogen-bond acceptors (Lipinski definition) is 4. The molecule has 1 aromatic heterocycles. The molecule has 0 unspecified atom stereocenters. The summed E-state index contributed by atoms with van der Waals surface area (Å²) in [6.07, 6.45) is 3.71. The number of benzene rings is 1. The summed E-state index contributed by atoms with van der Waals surface area (Å²) < 4.78 is 13.1. The molecule has 7 nitrogen and oxygen atoms in total.